The quantitative estimate of drug-likeness (QED) is 0.664. The summed E-state index contributed by atoms with van der Waals surface area (Å²) in [6, 6.07) is 17.6. The van der Waals surface area contributed by atoms with E-state index in [1.807, 2.05) is 74.3 Å². The second-order valence-corrected chi connectivity index (χ2v) is 7.24. The molecule has 0 saturated heterocycles. The Labute approximate surface area is 166 Å². The van der Waals surface area contributed by atoms with Gasteiger partial charge in [-0.1, -0.05) is 50.2 Å². The Hall–Kier alpha value is -3.21. The summed E-state index contributed by atoms with van der Waals surface area (Å²) in [7, 11) is 1.89. The average Bonchev–Trinajstić information content (AvgIpc) is 2.68. The summed E-state index contributed by atoms with van der Waals surface area (Å²) < 4.78 is 0. The Bertz CT molecular complexity index is 983. The Morgan fingerprint density at radius 1 is 1.00 bits per heavy atom. The van der Waals surface area contributed by atoms with Crippen molar-refractivity contribution in [3.63, 3.8) is 0 Å². The summed E-state index contributed by atoms with van der Waals surface area (Å²) in [5.41, 5.74) is 5.06. The normalized spacial score (nSPS) is 10.8. The zero-order valence-corrected chi connectivity index (χ0v) is 17.0. The molecule has 1 heterocycles. The van der Waals surface area contributed by atoms with Gasteiger partial charge in [-0.25, -0.2) is 9.97 Å². The molecule has 0 spiro atoms. The van der Waals surface area contributed by atoms with Crippen LogP contribution in [-0.4, -0.2) is 22.9 Å². The van der Waals surface area contributed by atoms with E-state index in [-0.39, 0.29) is 5.91 Å². The van der Waals surface area contributed by atoms with Crippen molar-refractivity contribution in [1.82, 2.24) is 9.97 Å². The lowest BCUT2D eigenvalue weighted by atomic mass is 9.98. The van der Waals surface area contributed by atoms with Crippen LogP contribution in [0.15, 0.2) is 54.6 Å². The van der Waals surface area contributed by atoms with Crippen LogP contribution in [0.2, 0.25) is 0 Å². The maximum atomic E-state index is 13.0. The molecule has 3 aromatic rings. The van der Waals surface area contributed by atoms with Gasteiger partial charge in [-0.2, -0.15) is 0 Å². The SMILES string of the molecule is Cc1cc(C(=O)Nc2c(C)cccc2C(C)C)nc(N(C)c2ccccc2)n1. The van der Waals surface area contributed by atoms with E-state index in [9.17, 15) is 4.79 Å². The van der Waals surface area contributed by atoms with Crippen LogP contribution in [0, 0.1) is 13.8 Å². The highest BCUT2D eigenvalue weighted by atomic mass is 16.1. The molecule has 1 N–H and O–H groups in total. The van der Waals surface area contributed by atoms with E-state index in [0.29, 0.717) is 17.6 Å². The van der Waals surface area contributed by atoms with Crippen LogP contribution in [0.1, 0.15) is 47.1 Å². The van der Waals surface area contributed by atoms with Crippen molar-refractivity contribution in [1.29, 1.82) is 0 Å². The lowest BCUT2D eigenvalue weighted by Gasteiger charge is -2.19. The van der Waals surface area contributed by atoms with Crippen molar-refractivity contribution in [2.75, 3.05) is 17.3 Å². The summed E-state index contributed by atoms with van der Waals surface area (Å²) in [6.45, 7) is 8.10. The first-order valence-electron chi connectivity index (χ1n) is 9.42. The van der Waals surface area contributed by atoms with Crippen molar-refractivity contribution >= 4 is 23.2 Å². The highest BCUT2D eigenvalue weighted by Gasteiger charge is 2.17. The number of rotatable bonds is 5. The molecule has 5 nitrogen and oxygen atoms in total. The molecule has 5 heteroatoms. The number of anilines is 3. The van der Waals surface area contributed by atoms with Gasteiger partial charge in [0.1, 0.15) is 5.69 Å². The zero-order chi connectivity index (χ0) is 20.3. The van der Waals surface area contributed by atoms with E-state index in [1.54, 1.807) is 6.07 Å². The van der Waals surface area contributed by atoms with Crippen LogP contribution >= 0.6 is 0 Å². The Morgan fingerprint density at radius 3 is 2.39 bits per heavy atom. The van der Waals surface area contributed by atoms with Crippen molar-refractivity contribution in [2.24, 2.45) is 0 Å². The van der Waals surface area contributed by atoms with E-state index in [1.165, 1.54) is 0 Å². The number of hydrogen-bond acceptors (Lipinski definition) is 4. The number of nitrogens with zero attached hydrogens (tertiary/aromatic N) is 3. The summed E-state index contributed by atoms with van der Waals surface area (Å²) in [5, 5.41) is 3.06. The molecule has 1 amide bonds. The number of para-hydroxylation sites is 2. The average molecular weight is 374 g/mol. The molecule has 1 aromatic heterocycles. The van der Waals surface area contributed by atoms with E-state index in [0.717, 1.165) is 28.2 Å². The fourth-order valence-corrected chi connectivity index (χ4v) is 3.11. The lowest BCUT2D eigenvalue weighted by Crippen LogP contribution is -2.20. The third-order valence-corrected chi connectivity index (χ3v) is 4.68. The van der Waals surface area contributed by atoms with Gasteiger partial charge in [0.2, 0.25) is 5.95 Å². The first-order chi connectivity index (χ1) is 13.4. The number of carbonyl (C=O) groups is 1. The van der Waals surface area contributed by atoms with Gasteiger partial charge in [0.05, 0.1) is 0 Å². The van der Waals surface area contributed by atoms with E-state index < -0.39 is 0 Å². The van der Waals surface area contributed by atoms with E-state index in [2.05, 4.69) is 29.1 Å². The second kappa shape index (κ2) is 8.21. The minimum absolute atomic E-state index is 0.232. The van der Waals surface area contributed by atoms with E-state index >= 15 is 0 Å². The highest BCUT2D eigenvalue weighted by Crippen LogP contribution is 2.28. The number of benzene rings is 2. The molecule has 0 atom stereocenters. The van der Waals surface area contributed by atoms with Gasteiger partial charge in [0.15, 0.2) is 0 Å². The molecule has 0 bridgehead atoms. The first kappa shape index (κ1) is 19.5. The summed E-state index contributed by atoms with van der Waals surface area (Å²) >= 11 is 0. The minimum atomic E-state index is -0.232. The number of amides is 1. The van der Waals surface area contributed by atoms with Crippen LogP contribution in [-0.2, 0) is 0 Å². The number of aromatic nitrogens is 2. The molecule has 28 heavy (non-hydrogen) atoms. The number of hydrogen-bond donors (Lipinski definition) is 1. The van der Waals surface area contributed by atoms with Gasteiger partial charge in [-0.3, -0.25) is 4.79 Å². The Balaban J connectivity index is 1.93. The molecule has 0 saturated carbocycles. The van der Waals surface area contributed by atoms with Crippen LogP contribution in [0.5, 0.6) is 0 Å². The molecule has 2 aromatic carbocycles. The monoisotopic (exact) mass is 374 g/mol. The van der Waals surface area contributed by atoms with Crippen molar-refractivity contribution < 1.29 is 4.79 Å². The van der Waals surface area contributed by atoms with Crippen LogP contribution in [0.25, 0.3) is 0 Å². The van der Waals surface area contributed by atoms with Crippen LogP contribution < -0.4 is 10.2 Å². The van der Waals surface area contributed by atoms with Crippen molar-refractivity contribution in [3.05, 3.63) is 77.1 Å². The van der Waals surface area contributed by atoms with Gasteiger partial charge in [0, 0.05) is 24.1 Å². The largest absolute Gasteiger partial charge is 0.320 e. The van der Waals surface area contributed by atoms with Gasteiger partial charge in [0.25, 0.3) is 5.91 Å². The molecule has 0 aliphatic rings. The molecule has 3 rings (SSSR count). The molecular weight excluding hydrogens is 348 g/mol. The third kappa shape index (κ3) is 4.19. The standard InChI is InChI=1S/C23H26N4O/c1-15(2)19-13-9-10-16(3)21(19)26-22(28)20-14-17(4)24-23(25-20)27(5)18-11-7-6-8-12-18/h6-15H,1-5H3,(H,26,28). The summed E-state index contributed by atoms with van der Waals surface area (Å²) in [5.74, 6) is 0.566. The lowest BCUT2D eigenvalue weighted by molar-refractivity contribution is 0.102. The van der Waals surface area contributed by atoms with Gasteiger partial charge in [-0.05, 0) is 49.1 Å². The Morgan fingerprint density at radius 2 is 1.71 bits per heavy atom. The predicted molar refractivity (Wildman–Crippen MR) is 114 cm³/mol. The topological polar surface area (TPSA) is 58.1 Å². The van der Waals surface area contributed by atoms with Gasteiger partial charge >= 0.3 is 0 Å². The molecule has 0 aliphatic heterocycles. The minimum Gasteiger partial charge on any atom is -0.320 e. The van der Waals surface area contributed by atoms with Crippen LogP contribution in [0.4, 0.5) is 17.3 Å². The van der Waals surface area contributed by atoms with Crippen molar-refractivity contribution in [3.8, 4) is 0 Å². The number of nitrogens with one attached hydrogen (secondary N) is 1. The molecule has 0 unspecified atom stereocenters. The molecular formula is C23H26N4O. The van der Waals surface area contributed by atoms with Crippen LogP contribution in [0.3, 0.4) is 0 Å². The smallest absolute Gasteiger partial charge is 0.274 e. The highest BCUT2D eigenvalue weighted by molar-refractivity contribution is 6.04. The van der Waals surface area contributed by atoms with Gasteiger partial charge in [-0.15, -0.1) is 0 Å². The van der Waals surface area contributed by atoms with Crippen molar-refractivity contribution in [2.45, 2.75) is 33.6 Å². The maximum absolute atomic E-state index is 13.0. The molecule has 0 radical (unpaired) electrons. The Kier molecular flexibility index (Phi) is 5.73. The second-order valence-electron chi connectivity index (χ2n) is 7.24. The fourth-order valence-electron chi connectivity index (χ4n) is 3.11. The predicted octanol–water partition coefficient (Wildman–Crippen LogP) is 5.24. The zero-order valence-electron chi connectivity index (χ0n) is 17.0. The molecule has 144 valence electrons. The first-order valence-corrected chi connectivity index (χ1v) is 9.42. The molecule has 0 aliphatic carbocycles. The summed E-state index contributed by atoms with van der Waals surface area (Å²) in [4.78, 5) is 23.9. The number of carbonyl (C=O) groups excluding carboxylic acids is 1. The maximum Gasteiger partial charge on any atom is 0.274 e. The van der Waals surface area contributed by atoms with E-state index in [4.69, 9.17) is 0 Å². The number of aryl methyl sites for hydroxylation is 2. The third-order valence-electron chi connectivity index (χ3n) is 4.68. The fraction of sp³-hybridized carbons (Fsp3) is 0.261. The molecule has 0 fully saturated rings. The summed E-state index contributed by atoms with van der Waals surface area (Å²) in [6.07, 6.45) is 0. The van der Waals surface area contributed by atoms with Gasteiger partial charge < -0.3 is 10.2 Å².